The zero-order valence-corrected chi connectivity index (χ0v) is 17.2. The molecule has 0 radical (unpaired) electrons. The van der Waals surface area contributed by atoms with Gasteiger partial charge in [0.1, 0.15) is 11.5 Å². The van der Waals surface area contributed by atoms with E-state index in [1.54, 1.807) is 25.3 Å². The lowest BCUT2D eigenvalue weighted by molar-refractivity contribution is -0.121. The highest BCUT2D eigenvalue weighted by Crippen LogP contribution is 2.32. The van der Waals surface area contributed by atoms with Gasteiger partial charge in [-0.15, -0.1) is 0 Å². The van der Waals surface area contributed by atoms with Crippen molar-refractivity contribution in [2.75, 3.05) is 36.3 Å². The zero-order valence-electron chi connectivity index (χ0n) is 17.2. The fourth-order valence-corrected chi connectivity index (χ4v) is 3.40. The third kappa shape index (κ3) is 4.62. The van der Waals surface area contributed by atoms with Gasteiger partial charge < -0.3 is 25.0 Å². The Balaban J connectivity index is 1.73. The maximum absolute atomic E-state index is 12.5. The molecule has 0 atom stereocenters. The first-order valence-electron chi connectivity index (χ1n) is 9.67. The fourth-order valence-electron chi connectivity index (χ4n) is 3.40. The Kier molecular flexibility index (Phi) is 6.26. The quantitative estimate of drug-likeness (QED) is 0.789. The van der Waals surface area contributed by atoms with E-state index in [4.69, 9.17) is 9.47 Å². The minimum Gasteiger partial charge on any atom is -0.497 e. The second kappa shape index (κ2) is 8.86. The highest BCUT2D eigenvalue weighted by atomic mass is 16.5. The maximum atomic E-state index is 12.5. The Morgan fingerprint density at radius 2 is 1.83 bits per heavy atom. The molecule has 154 valence electrons. The molecule has 1 heterocycles. The number of hydrogen-bond acceptors (Lipinski definition) is 4. The Labute approximate surface area is 171 Å². The molecule has 2 aromatic carbocycles. The van der Waals surface area contributed by atoms with Crippen LogP contribution in [0.25, 0.3) is 0 Å². The topological polar surface area (TPSA) is 79.9 Å². The fraction of sp³-hybridized carbons (Fsp3) is 0.364. The van der Waals surface area contributed by atoms with Crippen LogP contribution < -0.4 is 25.0 Å². The first-order chi connectivity index (χ1) is 13.9. The van der Waals surface area contributed by atoms with Gasteiger partial charge in [0.05, 0.1) is 19.9 Å². The first kappa shape index (κ1) is 20.5. The summed E-state index contributed by atoms with van der Waals surface area (Å²) in [5.74, 6) is 1.22. The van der Waals surface area contributed by atoms with Gasteiger partial charge in [0.15, 0.2) is 0 Å². The Bertz CT molecular complexity index is 911. The normalized spacial score (nSPS) is 12.9. The van der Waals surface area contributed by atoms with E-state index in [0.29, 0.717) is 22.9 Å². The number of aryl methyl sites for hydroxylation is 1. The number of urea groups is 1. The van der Waals surface area contributed by atoms with Crippen molar-refractivity contribution in [1.82, 2.24) is 0 Å². The van der Waals surface area contributed by atoms with Crippen LogP contribution in [-0.2, 0) is 11.2 Å². The summed E-state index contributed by atoms with van der Waals surface area (Å²) in [4.78, 5) is 26.8. The van der Waals surface area contributed by atoms with Crippen LogP contribution in [0.1, 0.15) is 25.8 Å². The lowest BCUT2D eigenvalue weighted by Crippen LogP contribution is -2.38. The highest BCUT2D eigenvalue weighted by Gasteiger charge is 2.24. The summed E-state index contributed by atoms with van der Waals surface area (Å²) in [6.07, 6.45) is 1.78. The second-order valence-electron chi connectivity index (χ2n) is 7.24. The van der Waals surface area contributed by atoms with Crippen LogP contribution in [0.15, 0.2) is 36.4 Å². The van der Waals surface area contributed by atoms with Gasteiger partial charge in [-0.05, 0) is 48.7 Å². The standard InChI is InChI=1S/C22H27N3O4/c1-14(2)21(26)25-11-5-6-15-12-16(7-10-19(15)25)23-22(27)24-18-9-8-17(28-3)13-20(18)29-4/h7-10,12-14H,5-6,11H2,1-4H3,(H2,23,24,27). The summed E-state index contributed by atoms with van der Waals surface area (Å²) in [6.45, 7) is 4.54. The number of carbonyl (C=O) groups is 2. The molecule has 0 aromatic heterocycles. The van der Waals surface area contributed by atoms with Gasteiger partial charge in [0.25, 0.3) is 0 Å². The minimum absolute atomic E-state index is 0.0518. The van der Waals surface area contributed by atoms with Crippen LogP contribution in [-0.4, -0.2) is 32.7 Å². The average molecular weight is 397 g/mol. The SMILES string of the molecule is COc1ccc(NC(=O)Nc2ccc3c(c2)CCCN3C(=O)C(C)C)c(OC)c1. The summed E-state index contributed by atoms with van der Waals surface area (Å²) in [5.41, 5.74) is 3.20. The molecule has 1 aliphatic rings. The first-order valence-corrected chi connectivity index (χ1v) is 9.67. The molecule has 3 rings (SSSR count). The number of ether oxygens (including phenoxy) is 2. The predicted octanol–water partition coefficient (Wildman–Crippen LogP) is 4.28. The molecule has 29 heavy (non-hydrogen) atoms. The van der Waals surface area contributed by atoms with E-state index in [9.17, 15) is 9.59 Å². The molecular weight excluding hydrogens is 370 g/mol. The number of methoxy groups -OCH3 is 2. The van der Waals surface area contributed by atoms with E-state index >= 15 is 0 Å². The number of amides is 3. The smallest absolute Gasteiger partial charge is 0.323 e. The third-order valence-corrected chi connectivity index (χ3v) is 4.87. The number of rotatable bonds is 5. The van der Waals surface area contributed by atoms with E-state index in [1.807, 2.05) is 36.9 Å². The molecule has 0 spiro atoms. The van der Waals surface area contributed by atoms with Gasteiger partial charge in [0.2, 0.25) is 5.91 Å². The lowest BCUT2D eigenvalue weighted by atomic mass is 9.99. The molecule has 7 heteroatoms. The summed E-state index contributed by atoms with van der Waals surface area (Å²) in [6, 6.07) is 10.4. The monoisotopic (exact) mass is 397 g/mol. The predicted molar refractivity (Wildman–Crippen MR) is 114 cm³/mol. The number of anilines is 3. The van der Waals surface area contributed by atoms with Crippen molar-refractivity contribution in [3.8, 4) is 11.5 Å². The minimum atomic E-state index is -0.376. The van der Waals surface area contributed by atoms with E-state index in [-0.39, 0.29) is 17.9 Å². The lowest BCUT2D eigenvalue weighted by Gasteiger charge is -2.31. The van der Waals surface area contributed by atoms with Crippen molar-refractivity contribution in [2.24, 2.45) is 5.92 Å². The van der Waals surface area contributed by atoms with E-state index in [0.717, 1.165) is 30.6 Å². The third-order valence-electron chi connectivity index (χ3n) is 4.87. The van der Waals surface area contributed by atoms with Gasteiger partial charge in [-0.2, -0.15) is 0 Å². The van der Waals surface area contributed by atoms with Crippen LogP contribution in [0.5, 0.6) is 11.5 Å². The molecule has 0 bridgehead atoms. The van der Waals surface area contributed by atoms with Crippen LogP contribution >= 0.6 is 0 Å². The van der Waals surface area contributed by atoms with Crippen molar-refractivity contribution < 1.29 is 19.1 Å². The highest BCUT2D eigenvalue weighted by molar-refractivity contribution is 6.01. The van der Waals surface area contributed by atoms with E-state index < -0.39 is 0 Å². The van der Waals surface area contributed by atoms with Crippen molar-refractivity contribution in [3.63, 3.8) is 0 Å². The van der Waals surface area contributed by atoms with E-state index in [2.05, 4.69) is 10.6 Å². The number of benzene rings is 2. The van der Waals surface area contributed by atoms with Crippen molar-refractivity contribution in [3.05, 3.63) is 42.0 Å². The summed E-state index contributed by atoms with van der Waals surface area (Å²) < 4.78 is 10.5. The summed E-state index contributed by atoms with van der Waals surface area (Å²) in [7, 11) is 3.10. The van der Waals surface area contributed by atoms with Gasteiger partial charge in [-0.25, -0.2) is 4.79 Å². The van der Waals surface area contributed by atoms with Crippen LogP contribution in [0.2, 0.25) is 0 Å². The molecule has 7 nitrogen and oxygen atoms in total. The Hall–Kier alpha value is -3.22. The largest absolute Gasteiger partial charge is 0.497 e. The second-order valence-corrected chi connectivity index (χ2v) is 7.24. The Morgan fingerprint density at radius 3 is 2.52 bits per heavy atom. The van der Waals surface area contributed by atoms with Gasteiger partial charge in [-0.3, -0.25) is 4.79 Å². The molecule has 0 saturated carbocycles. The number of hydrogen-bond donors (Lipinski definition) is 2. The van der Waals surface area contributed by atoms with Gasteiger partial charge in [0, 0.05) is 29.9 Å². The summed E-state index contributed by atoms with van der Waals surface area (Å²) in [5, 5.41) is 5.64. The van der Waals surface area contributed by atoms with Crippen LogP contribution in [0.4, 0.5) is 21.9 Å². The molecule has 2 N–H and O–H groups in total. The van der Waals surface area contributed by atoms with Crippen LogP contribution in [0.3, 0.4) is 0 Å². The summed E-state index contributed by atoms with van der Waals surface area (Å²) >= 11 is 0. The number of carbonyl (C=O) groups excluding carboxylic acids is 2. The number of nitrogens with zero attached hydrogens (tertiary/aromatic N) is 1. The zero-order chi connectivity index (χ0) is 21.0. The van der Waals surface area contributed by atoms with Crippen LogP contribution in [0, 0.1) is 5.92 Å². The number of nitrogens with one attached hydrogen (secondary N) is 2. The van der Waals surface area contributed by atoms with Gasteiger partial charge in [-0.1, -0.05) is 13.8 Å². The molecular formula is C22H27N3O4. The van der Waals surface area contributed by atoms with Gasteiger partial charge >= 0.3 is 6.03 Å². The molecule has 3 amide bonds. The molecule has 2 aromatic rings. The Morgan fingerprint density at radius 1 is 1.03 bits per heavy atom. The molecule has 0 aliphatic carbocycles. The molecule has 0 saturated heterocycles. The molecule has 0 unspecified atom stereocenters. The van der Waals surface area contributed by atoms with E-state index in [1.165, 1.54) is 7.11 Å². The average Bonchev–Trinajstić information content (AvgIpc) is 2.72. The van der Waals surface area contributed by atoms with Crippen molar-refractivity contribution in [1.29, 1.82) is 0 Å². The van der Waals surface area contributed by atoms with Crippen molar-refractivity contribution in [2.45, 2.75) is 26.7 Å². The molecule has 1 aliphatic heterocycles. The molecule has 0 fully saturated rings. The van der Waals surface area contributed by atoms with Crippen molar-refractivity contribution >= 4 is 29.0 Å². The maximum Gasteiger partial charge on any atom is 0.323 e. The number of fused-ring (bicyclic) bond motifs is 1.